The molecule has 1 unspecified atom stereocenters. The molecule has 0 bridgehead atoms. The highest BCUT2D eigenvalue weighted by Gasteiger charge is 2.17. The highest BCUT2D eigenvalue weighted by Crippen LogP contribution is 2.31. The van der Waals surface area contributed by atoms with Crippen LogP contribution in [-0.4, -0.2) is 36.4 Å². The molecule has 0 spiro atoms. The van der Waals surface area contributed by atoms with E-state index >= 15 is 0 Å². The second-order valence-corrected chi connectivity index (χ2v) is 5.87. The molecular weight excluding hydrogens is 362 g/mol. The Labute approximate surface area is 162 Å². The molecule has 0 aliphatic heterocycles. The highest BCUT2D eigenvalue weighted by atomic mass is 16.5. The van der Waals surface area contributed by atoms with Gasteiger partial charge in [0.2, 0.25) is 11.7 Å². The third kappa shape index (κ3) is 4.59. The maximum Gasteiger partial charge on any atom is 0.261 e. The first-order valence-electron chi connectivity index (χ1n) is 8.65. The largest absolute Gasteiger partial charge is 0.497 e. The summed E-state index contributed by atoms with van der Waals surface area (Å²) in [4.78, 5) is 16.5. The average Bonchev–Trinajstić information content (AvgIpc) is 3.21. The zero-order valence-corrected chi connectivity index (χ0v) is 15.8. The Balaban J connectivity index is 1.61. The van der Waals surface area contributed by atoms with Gasteiger partial charge in [0.1, 0.15) is 17.2 Å². The summed E-state index contributed by atoms with van der Waals surface area (Å²) in [6, 6.07) is 14.4. The van der Waals surface area contributed by atoms with Gasteiger partial charge in [-0.05, 0) is 31.2 Å². The molecular formula is C20H21N3O5. The summed E-state index contributed by atoms with van der Waals surface area (Å²) >= 11 is 0. The van der Waals surface area contributed by atoms with E-state index in [1.807, 2.05) is 18.2 Å². The molecule has 2 aromatic carbocycles. The van der Waals surface area contributed by atoms with Crippen LogP contribution >= 0.6 is 0 Å². The molecule has 0 saturated heterocycles. The third-order valence-corrected chi connectivity index (χ3v) is 3.96. The van der Waals surface area contributed by atoms with Crippen LogP contribution in [0.5, 0.6) is 17.2 Å². The number of hydrogen-bond donors (Lipinski definition) is 1. The van der Waals surface area contributed by atoms with Crippen molar-refractivity contribution >= 4 is 5.91 Å². The normalized spacial score (nSPS) is 11.5. The molecule has 3 rings (SSSR count). The number of nitrogens with zero attached hydrogens (tertiary/aromatic N) is 2. The average molecular weight is 383 g/mol. The summed E-state index contributed by atoms with van der Waals surface area (Å²) in [5.74, 6) is 2.18. The second kappa shape index (κ2) is 8.90. The lowest BCUT2D eigenvalue weighted by atomic mass is 10.2. The quantitative estimate of drug-likeness (QED) is 0.639. The van der Waals surface area contributed by atoms with Crippen molar-refractivity contribution in [3.05, 3.63) is 54.4 Å². The van der Waals surface area contributed by atoms with Gasteiger partial charge in [0.15, 0.2) is 6.10 Å². The van der Waals surface area contributed by atoms with E-state index in [1.54, 1.807) is 51.5 Å². The first-order valence-corrected chi connectivity index (χ1v) is 8.65. The van der Waals surface area contributed by atoms with Crippen molar-refractivity contribution in [3.8, 4) is 28.6 Å². The Kier molecular flexibility index (Phi) is 6.11. The van der Waals surface area contributed by atoms with Gasteiger partial charge in [-0.3, -0.25) is 4.79 Å². The van der Waals surface area contributed by atoms with Gasteiger partial charge < -0.3 is 24.1 Å². The van der Waals surface area contributed by atoms with Crippen molar-refractivity contribution in [3.63, 3.8) is 0 Å². The predicted octanol–water partition coefficient (Wildman–Crippen LogP) is 2.84. The molecule has 3 aromatic rings. The Morgan fingerprint density at radius 3 is 2.61 bits per heavy atom. The van der Waals surface area contributed by atoms with Crippen molar-refractivity contribution in [1.29, 1.82) is 0 Å². The molecule has 146 valence electrons. The minimum absolute atomic E-state index is 0.0901. The van der Waals surface area contributed by atoms with E-state index in [0.717, 1.165) is 0 Å². The summed E-state index contributed by atoms with van der Waals surface area (Å²) < 4.78 is 21.3. The van der Waals surface area contributed by atoms with E-state index in [0.29, 0.717) is 28.6 Å². The SMILES string of the molecule is COc1ccc(-c2noc(CNC(=O)C(C)Oc3ccccc3)n2)c(OC)c1. The van der Waals surface area contributed by atoms with E-state index < -0.39 is 6.10 Å². The first kappa shape index (κ1) is 19.2. The Morgan fingerprint density at radius 1 is 1.11 bits per heavy atom. The lowest BCUT2D eigenvalue weighted by Crippen LogP contribution is -2.35. The number of rotatable bonds is 8. The Bertz CT molecular complexity index is 927. The number of carbonyl (C=O) groups is 1. The summed E-state index contributed by atoms with van der Waals surface area (Å²) in [5.41, 5.74) is 0.658. The van der Waals surface area contributed by atoms with Crippen LogP contribution in [0.1, 0.15) is 12.8 Å². The standard InChI is InChI=1S/C20H21N3O5/c1-13(27-14-7-5-4-6-8-14)20(24)21-12-18-22-19(23-28-18)16-10-9-15(25-2)11-17(16)26-3/h4-11,13H,12H2,1-3H3,(H,21,24). The van der Waals surface area contributed by atoms with Gasteiger partial charge in [-0.15, -0.1) is 0 Å². The van der Waals surface area contributed by atoms with Gasteiger partial charge in [-0.2, -0.15) is 4.98 Å². The van der Waals surface area contributed by atoms with Gasteiger partial charge in [0, 0.05) is 6.07 Å². The molecule has 1 atom stereocenters. The third-order valence-electron chi connectivity index (χ3n) is 3.96. The van der Waals surface area contributed by atoms with E-state index in [-0.39, 0.29) is 18.3 Å². The maximum atomic E-state index is 12.2. The number of hydrogen-bond acceptors (Lipinski definition) is 7. The van der Waals surface area contributed by atoms with Gasteiger partial charge in [-0.25, -0.2) is 0 Å². The van der Waals surface area contributed by atoms with Gasteiger partial charge in [0.25, 0.3) is 5.91 Å². The molecule has 8 nitrogen and oxygen atoms in total. The number of ether oxygens (including phenoxy) is 3. The molecule has 0 saturated carbocycles. The van der Waals surface area contributed by atoms with E-state index in [4.69, 9.17) is 18.7 Å². The molecule has 0 aliphatic carbocycles. The van der Waals surface area contributed by atoms with Crippen LogP contribution in [-0.2, 0) is 11.3 Å². The molecule has 1 amide bonds. The smallest absolute Gasteiger partial charge is 0.261 e. The van der Waals surface area contributed by atoms with Crippen molar-refractivity contribution in [2.75, 3.05) is 14.2 Å². The van der Waals surface area contributed by atoms with Crippen molar-refractivity contribution < 1.29 is 23.5 Å². The maximum absolute atomic E-state index is 12.2. The lowest BCUT2D eigenvalue weighted by Gasteiger charge is -2.13. The van der Waals surface area contributed by atoms with Gasteiger partial charge in [-0.1, -0.05) is 23.4 Å². The van der Waals surface area contributed by atoms with Crippen LogP contribution in [0.15, 0.2) is 53.1 Å². The van der Waals surface area contributed by atoms with Crippen molar-refractivity contribution in [1.82, 2.24) is 15.5 Å². The number of nitrogens with one attached hydrogen (secondary N) is 1. The van der Waals surface area contributed by atoms with Crippen LogP contribution in [0.25, 0.3) is 11.4 Å². The minimum Gasteiger partial charge on any atom is -0.497 e. The zero-order valence-electron chi connectivity index (χ0n) is 15.8. The molecule has 1 aromatic heterocycles. The van der Waals surface area contributed by atoms with E-state index in [2.05, 4.69) is 15.5 Å². The zero-order chi connectivity index (χ0) is 19.9. The molecule has 1 heterocycles. The van der Waals surface area contributed by atoms with Crippen LogP contribution < -0.4 is 19.5 Å². The molecule has 0 fully saturated rings. The predicted molar refractivity (Wildman–Crippen MR) is 101 cm³/mol. The molecule has 28 heavy (non-hydrogen) atoms. The fourth-order valence-corrected chi connectivity index (χ4v) is 2.48. The number of benzene rings is 2. The molecule has 1 N–H and O–H groups in total. The topological polar surface area (TPSA) is 95.7 Å². The Hall–Kier alpha value is -3.55. The first-order chi connectivity index (χ1) is 13.6. The monoisotopic (exact) mass is 383 g/mol. The number of carbonyl (C=O) groups excluding carboxylic acids is 1. The Morgan fingerprint density at radius 2 is 1.89 bits per heavy atom. The minimum atomic E-state index is -0.661. The van der Waals surface area contributed by atoms with Crippen LogP contribution in [0.2, 0.25) is 0 Å². The van der Waals surface area contributed by atoms with Gasteiger partial charge in [0.05, 0.1) is 26.3 Å². The van der Waals surface area contributed by atoms with E-state index in [9.17, 15) is 4.79 Å². The highest BCUT2D eigenvalue weighted by molar-refractivity contribution is 5.80. The fourth-order valence-electron chi connectivity index (χ4n) is 2.48. The van der Waals surface area contributed by atoms with Crippen molar-refractivity contribution in [2.45, 2.75) is 19.6 Å². The molecule has 0 radical (unpaired) electrons. The van der Waals surface area contributed by atoms with Crippen molar-refractivity contribution in [2.24, 2.45) is 0 Å². The number of para-hydroxylation sites is 1. The second-order valence-electron chi connectivity index (χ2n) is 5.87. The fraction of sp³-hybridized carbons (Fsp3) is 0.250. The summed E-state index contributed by atoms with van der Waals surface area (Å²) in [7, 11) is 3.12. The lowest BCUT2D eigenvalue weighted by molar-refractivity contribution is -0.127. The van der Waals surface area contributed by atoms with Crippen LogP contribution in [0, 0.1) is 0 Å². The van der Waals surface area contributed by atoms with Crippen LogP contribution in [0.3, 0.4) is 0 Å². The summed E-state index contributed by atoms with van der Waals surface area (Å²) in [6.07, 6.45) is -0.661. The van der Waals surface area contributed by atoms with Crippen LogP contribution in [0.4, 0.5) is 0 Å². The van der Waals surface area contributed by atoms with Gasteiger partial charge >= 0.3 is 0 Å². The molecule has 8 heteroatoms. The number of amides is 1. The van der Waals surface area contributed by atoms with E-state index in [1.165, 1.54) is 0 Å². The summed E-state index contributed by atoms with van der Waals surface area (Å²) in [6.45, 7) is 1.76. The molecule has 0 aliphatic rings. The number of methoxy groups -OCH3 is 2. The summed E-state index contributed by atoms with van der Waals surface area (Å²) in [5, 5.41) is 6.67. The number of aromatic nitrogens is 2.